The standard InChI is InChI=1S/C17H29N3O3/c1-6-14-15(12(2)19-23-14)18-10-13-8-7-9-20(11-13)16(21)22-17(3,4)5/h13,18H,6-11H2,1-5H3. The summed E-state index contributed by atoms with van der Waals surface area (Å²) >= 11 is 0. The van der Waals surface area contributed by atoms with Crippen LogP contribution in [-0.4, -0.2) is 41.4 Å². The fourth-order valence-corrected chi connectivity index (χ4v) is 2.85. The number of carbonyl (C=O) groups is 1. The Morgan fingerprint density at radius 3 is 2.87 bits per heavy atom. The van der Waals surface area contributed by atoms with E-state index in [-0.39, 0.29) is 6.09 Å². The first-order valence-electron chi connectivity index (χ1n) is 8.47. The minimum atomic E-state index is -0.447. The molecule has 1 atom stereocenters. The van der Waals surface area contributed by atoms with Crippen molar-refractivity contribution >= 4 is 11.8 Å². The minimum absolute atomic E-state index is 0.211. The molecule has 1 aliphatic rings. The number of hydrogen-bond donors (Lipinski definition) is 1. The highest BCUT2D eigenvalue weighted by Gasteiger charge is 2.27. The summed E-state index contributed by atoms with van der Waals surface area (Å²) in [5, 5.41) is 7.47. The van der Waals surface area contributed by atoms with Crippen LogP contribution in [0.2, 0.25) is 0 Å². The molecule has 1 N–H and O–H groups in total. The molecule has 0 spiro atoms. The van der Waals surface area contributed by atoms with E-state index in [2.05, 4.69) is 17.4 Å². The molecule has 1 fully saturated rings. The van der Waals surface area contributed by atoms with E-state index >= 15 is 0 Å². The third-order valence-corrected chi connectivity index (χ3v) is 3.99. The van der Waals surface area contributed by atoms with Crippen molar-refractivity contribution in [2.75, 3.05) is 25.0 Å². The zero-order chi connectivity index (χ0) is 17.0. The van der Waals surface area contributed by atoms with Crippen LogP contribution in [0.25, 0.3) is 0 Å². The fourth-order valence-electron chi connectivity index (χ4n) is 2.85. The second kappa shape index (κ2) is 7.23. The van der Waals surface area contributed by atoms with Crippen LogP contribution in [0.1, 0.15) is 52.0 Å². The van der Waals surface area contributed by atoms with Gasteiger partial charge in [-0.25, -0.2) is 4.79 Å². The zero-order valence-electron chi connectivity index (χ0n) is 14.9. The molecule has 1 aliphatic heterocycles. The number of hydrogen-bond acceptors (Lipinski definition) is 5. The molecule has 1 unspecified atom stereocenters. The molecule has 130 valence electrons. The van der Waals surface area contributed by atoms with Crippen LogP contribution in [0, 0.1) is 12.8 Å². The van der Waals surface area contributed by atoms with E-state index < -0.39 is 5.60 Å². The summed E-state index contributed by atoms with van der Waals surface area (Å²) in [6.45, 7) is 12.0. The number of aryl methyl sites for hydroxylation is 2. The Morgan fingerprint density at radius 2 is 2.22 bits per heavy atom. The summed E-state index contributed by atoms with van der Waals surface area (Å²) in [7, 11) is 0. The molecule has 0 radical (unpaired) electrons. The van der Waals surface area contributed by atoms with Crippen LogP contribution >= 0.6 is 0 Å². The normalized spacial score (nSPS) is 18.8. The number of aromatic nitrogens is 1. The highest BCUT2D eigenvalue weighted by atomic mass is 16.6. The quantitative estimate of drug-likeness (QED) is 0.917. The van der Waals surface area contributed by atoms with Gasteiger partial charge in [-0.3, -0.25) is 0 Å². The molecule has 23 heavy (non-hydrogen) atoms. The summed E-state index contributed by atoms with van der Waals surface area (Å²) in [5.41, 5.74) is 1.45. The van der Waals surface area contributed by atoms with Crippen molar-refractivity contribution in [3.8, 4) is 0 Å². The maximum absolute atomic E-state index is 12.2. The highest BCUT2D eigenvalue weighted by Crippen LogP contribution is 2.23. The third kappa shape index (κ3) is 4.88. The number of amides is 1. The van der Waals surface area contributed by atoms with Gasteiger partial charge in [0.05, 0.1) is 0 Å². The average molecular weight is 323 g/mol. The number of anilines is 1. The monoisotopic (exact) mass is 323 g/mol. The predicted octanol–water partition coefficient (Wildman–Crippen LogP) is 3.60. The van der Waals surface area contributed by atoms with Crippen molar-refractivity contribution in [1.29, 1.82) is 0 Å². The topological polar surface area (TPSA) is 67.6 Å². The van der Waals surface area contributed by atoms with Crippen LogP contribution in [0.3, 0.4) is 0 Å². The average Bonchev–Trinajstić information content (AvgIpc) is 2.84. The number of nitrogens with zero attached hydrogens (tertiary/aromatic N) is 2. The molecule has 1 saturated heterocycles. The van der Waals surface area contributed by atoms with Gasteiger partial charge in [-0.05, 0) is 46.5 Å². The lowest BCUT2D eigenvalue weighted by Crippen LogP contribution is -2.44. The van der Waals surface area contributed by atoms with Crippen LogP contribution in [0.4, 0.5) is 10.5 Å². The number of rotatable bonds is 4. The van der Waals surface area contributed by atoms with Gasteiger partial charge in [0.15, 0.2) is 5.76 Å². The first-order chi connectivity index (χ1) is 10.8. The van der Waals surface area contributed by atoms with Crippen molar-refractivity contribution < 1.29 is 14.1 Å². The molecule has 1 aromatic rings. The lowest BCUT2D eigenvalue weighted by molar-refractivity contribution is 0.0172. The summed E-state index contributed by atoms with van der Waals surface area (Å²) in [6.07, 6.45) is 2.72. The van der Waals surface area contributed by atoms with Gasteiger partial charge in [0, 0.05) is 26.1 Å². The fraction of sp³-hybridized carbons (Fsp3) is 0.765. The molecule has 6 heteroatoms. The van der Waals surface area contributed by atoms with Gasteiger partial charge in [-0.1, -0.05) is 12.1 Å². The molecule has 1 aromatic heterocycles. The first-order valence-corrected chi connectivity index (χ1v) is 8.47. The van der Waals surface area contributed by atoms with Crippen molar-refractivity contribution in [1.82, 2.24) is 10.1 Å². The smallest absolute Gasteiger partial charge is 0.410 e. The first kappa shape index (κ1) is 17.6. The number of piperidine rings is 1. The van der Waals surface area contributed by atoms with E-state index in [9.17, 15) is 4.79 Å². The summed E-state index contributed by atoms with van der Waals surface area (Å²) in [6, 6.07) is 0. The van der Waals surface area contributed by atoms with Gasteiger partial charge in [0.25, 0.3) is 0 Å². The second-order valence-corrected chi connectivity index (χ2v) is 7.24. The Hall–Kier alpha value is -1.72. The summed E-state index contributed by atoms with van der Waals surface area (Å²) < 4.78 is 10.8. The molecule has 2 rings (SSSR count). The number of nitrogens with one attached hydrogen (secondary N) is 1. The molecule has 2 heterocycles. The summed E-state index contributed by atoms with van der Waals surface area (Å²) in [4.78, 5) is 14.0. The molecule has 0 saturated carbocycles. The van der Waals surface area contributed by atoms with E-state index in [1.807, 2.05) is 32.6 Å². The Labute approximate surface area is 138 Å². The summed E-state index contributed by atoms with van der Waals surface area (Å²) in [5.74, 6) is 1.30. The van der Waals surface area contributed by atoms with E-state index in [0.29, 0.717) is 5.92 Å². The lowest BCUT2D eigenvalue weighted by Gasteiger charge is -2.34. The van der Waals surface area contributed by atoms with E-state index in [0.717, 1.165) is 56.0 Å². The largest absolute Gasteiger partial charge is 0.444 e. The van der Waals surface area contributed by atoms with Crippen molar-refractivity contribution in [2.45, 2.75) is 59.5 Å². The SMILES string of the molecule is CCc1onc(C)c1NCC1CCCN(C(=O)OC(C)(C)C)C1. The van der Waals surface area contributed by atoms with E-state index in [1.165, 1.54) is 0 Å². The van der Waals surface area contributed by atoms with Crippen LogP contribution in [-0.2, 0) is 11.2 Å². The second-order valence-electron chi connectivity index (χ2n) is 7.24. The van der Waals surface area contributed by atoms with Gasteiger partial charge in [-0.2, -0.15) is 0 Å². The zero-order valence-corrected chi connectivity index (χ0v) is 14.9. The van der Waals surface area contributed by atoms with Gasteiger partial charge >= 0.3 is 6.09 Å². The van der Waals surface area contributed by atoms with Crippen LogP contribution in [0.5, 0.6) is 0 Å². The Balaban J connectivity index is 1.89. The molecular formula is C17H29N3O3. The molecule has 0 aromatic carbocycles. The lowest BCUT2D eigenvalue weighted by atomic mass is 9.98. The molecular weight excluding hydrogens is 294 g/mol. The van der Waals surface area contributed by atoms with Crippen LogP contribution < -0.4 is 5.32 Å². The van der Waals surface area contributed by atoms with Crippen LogP contribution in [0.15, 0.2) is 4.52 Å². The van der Waals surface area contributed by atoms with Gasteiger partial charge in [-0.15, -0.1) is 0 Å². The predicted molar refractivity (Wildman–Crippen MR) is 89.6 cm³/mol. The Morgan fingerprint density at radius 1 is 1.48 bits per heavy atom. The van der Waals surface area contributed by atoms with Crippen molar-refractivity contribution in [2.24, 2.45) is 5.92 Å². The number of carbonyl (C=O) groups excluding carboxylic acids is 1. The number of likely N-dealkylation sites (tertiary alicyclic amines) is 1. The maximum atomic E-state index is 12.2. The van der Waals surface area contributed by atoms with E-state index in [4.69, 9.17) is 9.26 Å². The van der Waals surface area contributed by atoms with Gasteiger partial charge < -0.3 is 19.5 Å². The Bertz CT molecular complexity index is 534. The third-order valence-electron chi connectivity index (χ3n) is 3.99. The van der Waals surface area contributed by atoms with E-state index in [1.54, 1.807) is 0 Å². The highest BCUT2D eigenvalue weighted by molar-refractivity contribution is 5.68. The molecule has 0 aliphatic carbocycles. The molecule has 1 amide bonds. The Kier molecular flexibility index (Phi) is 5.55. The molecule has 0 bridgehead atoms. The molecule has 6 nitrogen and oxygen atoms in total. The van der Waals surface area contributed by atoms with Crippen molar-refractivity contribution in [3.05, 3.63) is 11.5 Å². The number of ether oxygens (including phenoxy) is 1. The minimum Gasteiger partial charge on any atom is -0.444 e. The van der Waals surface area contributed by atoms with Gasteiger partial charge in [0.1, 0.15) is 17.0 Å². The van der Waals surface area contributed by atoms with Crippen molar-refractivity contribution in [3.63, 3.8) is 0 Å². The van der Waals surface area contributed by atoms with Gasteiger partial charge in [0.2, 0.25) is 0 Å². The maximum Gasteiger partial charge on any atom is 0.410 e.